The molecule has 1 atom stereocenters. The van der Waals surface area contributed by atoms with Gasteiger partial charge in [-0.25, -0.2) is 4.39 Å². The Balaban J connectivity index is 2.14. The topological polar surface area (TPSA) is 23.5 Å². The van der Waals surface area contributed by atoms with Crippen LogP contribution in [-0.4, -0.2) is 11.7 Å². The van der Waals surface area contributed by atoms with Crippen LogP contribution in [0.1, 0.15) is 30.6 Å². The molecule has 104 valence electrons. The van der Waals surface area contributed by atoms with Gasteiger partial charge in [0.25, 0.3) is 0 Å². The molecule has 2 aromatic carbocycles. The van der Waals surface area contributed by atoms with E-state index in [2.05, 4.69) is 17.0 Å². The number of nitrogens with zero attached hydrogens (tertiary/aromatic N) is 1. The average molecular weight is 271 g/mol. The van der Waals surface area contributed by atoms with Crippen molar-refractivity contribution in [1.82, 2.24) is 0 Å². The number of benzene rings is 2. The average Bonchev–Trinajstić information content (AvgIpc) is 2.46. The molecule has 0 amide bonds. The molecule has 1 heterocycles. The van der Waals surface area contributed by atoms with Gasteiger partial charge in [-0.1, -0.05) is 24.3 Å². The van der Waals surface area contributed by atoms with E-state index in [-0.39, 0.29) is 5.82 Å². The molecule has 0 fully saturated rings. The summed E-state index contributed by atoms with van der Waals surface area (Å²) in [6.45, 7) is 2.46. The number of para-hydroxylation sites is 1. The van der Waals surface area contributed by atoms with E-state index in [0.29, 0.717) is 5.56 Å². The summed E-state index contributed by atoms with van der Waals surface area (Å²) in [5.74, 6) is -0.347. The summed E-state index contributed by atoms with van der Waals surface area (Å²) in [5, 5.41) is 9.90. The Kier molecular flexibility index (Phi) is 3.45. The lowest BCUT2D eigenvalue weighted by molar-refractivity contribution is 0.194. The molecule has 3 heteroatoms. The van der Waals surface area contributed by atoms with Gasteiger partial charge >= 0.3 is 0 Å². The Labute approximate surface area is 118 Å². The van der Waals surface area contributed by atoms with Gasteiger partial charge < -0.3 is 10.0 Å². The van der Waals surface area contributed by atoms with Crippen LogP contribution >= 0.6 is 0 Å². The smallest absolute Gasteiger partial charge is 0.131 e. The lowest BCUT2D eigenvalue weighted by Crippen LogP contribution is -2.26. The standard InChI is InChI=1S/C17H18FNO/c1-12(20)17-14(18)8-4-10-16(17)19-11-5-7-13-6-2-3-9-15(13)19/h2-4,6,8-10,12,20H,5,7,11H2,1H3/t12-/m0/s1. The number of aliphatic hydroxyl groups excluding tert-OH is 1. The van der Waals surface area contributed by atoms with Gasteiger partial charge in [-0.2, -0.15) is 0 Å². The maximum atomic E-state index is 14.0. The molecule has 2 aromatic rings. The molecule has 0 spiro atoms. The SMILES string of the molecule is C[C@H](O)c1c(F)cccc1N1CCCc2ccccc21. The van der Waals surface area contributed by atoms with E-state index in [0.717, 1.165) is 30.8 Å². The fourth-order valence-corrected chi connectivity index (χ4v) is 2.96. The molecule has 3 rings (SSSR count). The van der Waals surface area contributed by atoms with E-state index in [1.54, 1.807) is 13.0 Å². The van der Waals surface area contributed by atoms with Gasteiger partial charge in [-0.15, -0.1) is 0 Å². The Morgan fingerprint density at radius 3 is 2.65 bits per heavy atom. The Hall–Kier alpha value is -1.87. The minimum Gasteiger partial charge on any atom is -0.389 e. The largest absolute Gasteiger partial charge is 0.389 e. The van der Waals surface area contributed by atoms with Crippen molar-refractivity contribution in [2.75, 3.05) is 11.4 Å². The van der Waals surface area contributed by atoms with Gasteiger partial charge in [0.1, 0.15) is 5.82 Å². The summed E-state index contributed by atoms with van der Waals surface area (Å²) in [6.07, 6.45) is 1.26. The van der Waals surface area contributed by atoms with Crippen LogP contribution in [0.25, 0.3) is 0 Å². The molecule has 0 radical (unpaired) electrons. The van der Waals surface area contributed by atoms with Crippen LogP contribution in [0.3, 0.4) is 0 Å². The maximum Gasteiger partial charge on any atom is 0.131 e. The third kappa shape index (κ3) is 2.18. The van der Waals surface area contributed by atoms with Gasteiger partial charge in [-0.3, -0.25) is 0 Å². The molecule has 0 saturated carbocycles. The lowest BCUT2D eigenvalue weighted by Gasteiger charge is -2.33. The molecule has 0 bridgehead atoms. The molecule has 0 aromatic heterocycles. The Bertz CT molecular complexity index is 624. The van der Waals surface area contributed by atoms with Crippen LogP contribution in [-0.2, 0) is 6.42 Å². The predicted molar refractivity (Wildman–Crippen MR) is 78.8 cm³/mol. The van der Waals surface area contributed by atoms with Crippen LogP contribution in [0, 0.1) is 5.82 Å². The number of fused-ring (bicyclic) bond motifs is 1. The molecule has 1 N–H and O–H groups in total. The second-order valence-corrected chi connectivity index (χ2v) is 5.23. The van der Waals surface area contributed by atoms with Crippen LogP contribution in [0.15, 0.2) is 42.5 Å². The molecule has 2 nitrogen and oxygen atoms in total. The number of anilines is 2. The molecule has 0 saturated heterocycles. The summed E-state index contributed by atoms with van der Waals surface area (Å²) < 4.78 is 14.0. The third-order valence-corrected chi connectivity index (χ3v) is 3.85. The van der Waals surface area contributed by atoms with E-state index >= 15 is 0 Å². The second kappa shape index (κ2) is 5.25. The highest BCUT2D eigenvalue weighted by molar-refractivity contribution is 5.70. The fourth-order valence-electron chi connectivity index (χ4n) is 2.96. The Morgan fingerprint density at radius 2 is 1.85 bits per heavy atom. The minimum absolute atomic E-state index is 0.347. The highest BCUT2D eigenvalue weighted by atomic mass is 19.1. The zero-order valence-electron chi connectivity index (χ0n) is 11.5. The number of rotatable bonds is 2. The van der Waals surface area contributed by atoms with Crippen molar-refractivity contribution in [3.8, 4) is 0 Å². The van der Waals surface area contributed by atoms with Crippen molar-refractivity contribution >= 4 is 11.4 Å². The molecule has 0 unspecified atom stereocenters. The quantitative estimate of drug-likeness (QED) is 0.893. The summed E-state index contributed by atoms with van der Waals surface area (Å²) in [4.78, 5) is 2.12. The number of aryl methyl sites for hydroxylation is 1. The van der Waals surface area contributed by atoms with Gasteiger partial charge in [0, 0.05) is 23.5 Å². The fraction of sp³-hybridized carbons (Fsp3) is 0.294. The highest BCUT2D eigenvalue weighted by Gasteiger charge is 2.23. The van der Waals surface area contributed by atoms with E-state index in [1.807, 2.05) is 18.2 Å². The second-order valence-electron chi connectivity index (χ2n) is 5.23. The summed E-state index contributed by atoms with van der Waals surface area (Å²) >= 11 is 0. The first-order valence-corrected chi connectivity index (χ1v) is 7.00. The summed E-state index contributed by atoms with van der Waals surface area (Å²) in [6, 6.07) is 13.2. The first-order valence-electron chi connectivity index (χ1n) is 7.00. The van der Waals surface area contributed by atoms with Crippen molar-refractivity contribution < 1.29 is 9.50 Å². The van der Waals surface area contributed by atoms with Gasteiger partial charge in [-0.05, 0) is 43.5 Å². The monoisotopic (exact) mass is 271 g/mol. The molecule has 1 aliphatic rings. The molecular weight excluding hydrogens is 253 g/mol. The van der Waals surface area contributed by atoms with Crippen molar-refractivity contribution in [2.45, 2.75) is 25.9 Å². The van der Waals surface area contributed by atoms with Crippen molar-refractivity contribution in [1.29, 1.82) is 0 Å². The number of hydrogen-bond donors (Lipinski definition) is 1. The maximum absolute atomic E-state index is 14.0. The number of hydrogen-bond acceptors (Lipinski definition) is 2. The van der Waals surface area contributed by atoms with Crippen molar-refractivity contribution in [3.63, 3.8) is 0 Å². The van der Waals surface area contributed by atoms with Crippen LogP contribution in [0.2, 0.25) is 0 Å². The molecular formula is C17H18FNO. The zero-order valence-corrected chi connectivity index (χ0v) is 11.5. The van der Waals surface area contributed by atoms with Crippen molar-refractivity contribution in [3.05, 3.63) is 59.4 Å². The van der Waals surface area contributed by atoms with Gasteiger partial charge in [0.15, 0.2) is 0 Å². The van der Waals surface area contributed by atoms with Crippen LogP contribution < -0.4 is 4.90 Å². The number of halogens is 1. The van der Waals surface area contributed by atoms with E-state index in [4.69, 9.17) is 0 Å². The van der Waals surface area contributed by atoms with E-state index in [1.165, 1.54) is 11.6 Å². The van der Waals surface area contributed by atoms with Crippen LogP contribution in [0.5, 0.6) is 0 Å². The zero-order chi connectivity index (χ0) is 14.1. The van der Waals surface area contributed by atoms with Crippen LogP contribution in [0.4, 0.5) is 15.8 Å². The summed E-state index contributed by atoms with van der Waals surface area (Å²) in [5.41, 5.74) is 3.54. The minimum atomic E-state index is -0.819. The highest BCUT2D eigenvalue weighted by Crippen LogP contribution is 2.37. The molecule has 0 aliphatic carbocycles. The first-order chi connectivity index (χ1) is 9.68. The summed E-state index contributed by atoms with van der Waals surface area (Å²) in [7, 11) is 0. The molecule has 1 aliphatic heterocycles. The predicted octanol–water partition coefficient (Wildman–Crippen LogP) is 3.96. The molecule has 20 heavy (non-hydrogen) atoms. The normalized spacial score (nSPS) is 15.8. The Morgan fingerprint density at radius 1 is 1.10 bits per heavy atom. The van der Waals surface area contributed by atoms with Crippen molar-refractivity contribution in [2.24, 2.45) is 0 Å². The van der Waals surface area contributed by atoms with E-state index in [9.17, 15) is 9.50 Å². The van der Waals surface area contributed by atoms with E-state index < -0.39 is 6.10 Å². The third-order valence-electron chi connectivity index (χ3n) is 3.85. The first kappa shape index (κ1) is 13.1. The van der Waals surface area contributed by atoms with Gasteiger partial charge in [0.2, 0.25) is 0 Å². The lowest BCUT2D eigenvalue weighted by atomic mass is 9.99. The van der Waals surface area contributed by atoms with Gasteiger partial charge in [0.05, 0.1) is 6.10 Å². The number of aliphatic hydroxyl groups is 1.